The maximum Gasteiger partial charge on any atom is 0.325 e. The van der Waals surface area contributed by atoms with Crippen molar-refractivity contribution in [3.8, 4) is 0 Å². The van der Waals surface area contributed by atoms with Crippen LogP contribution in [0, 0.1) is 6.92 Å². The molecule has 96 valence electrons. The predicted molar refractivity (Wildman–Crippen MR) is 65.7 cm³/mol. The fraction of sp³-hybridized carbons (Fsp3) is 0.700. The van der Waals surface area contributed by atoms with Crippen molar-refractivity contribution in [3.63, 3.8) is 0 Å². The van der Waals surface area contributed by atoms with E-state index in [2.05, 4.69) is 19.9 Å². The number of esters is 1. The van der Waals surface area contributed by atoms with Gasteiger partial charge in [0.15, 0.2) is 0 Å². The summed E-state index contributed by atoms with van der Waals surface area (Å²) in [7, 11) is 1.35. The molecule has 0 saturated heterocycles. The van der Waals surface area contributed by atoms with Crippen LogP contribution < -0.4 is 5.73 Å². The van der Waals surface area contributed by atoms with Crippen LogP contribution in [0.4, 0.5) is 0 Å². The van der Waals surface area contributed by atoms with Gasteiger partial charge >= 0.3 is 5.97 Å². The van der Waals surface area contributed by atoms with Crippen LogP contribution in [0.25, 0.3) is 0 Å². The molecule has 1 unspecified atom stereocenters. The van der Waals surface area contributed by atoms with Gasteiger partial charge in [0.2, 0.25) is 5.16 Å². The summed E-state index contributed by atoms with van der Waals surface area (Å²) < 4.78 is 4.63. The molecule has 6 nitrogen and oxygen atoms in total. The summed E-state index contributed by atoms with van der Waals surface area (Å²) in [6.07, 6.45) is 1.39. The summed E-state index contributed by atoms with van der Waals surface area (Å²) in [6.45, 7) is 3.53. The van der Waals surface area contributed by atoms with Crippen LogP contribution in [0.2, 0.25) is 0 Å². The Morgan fingerprint density at radius 3 is 2.88 bits per heavy atom. The van der Waals surface area contributed by atoms with Crippen molar-refractivity contribution in [2.24, 2.45) is 5.73 Å². The molecular weight excluding hydrogens is 240 g/mol. The Bertz CT molecular complexity index is 378. The van der Waals surface area contributed by atoms with E-state index in [-0.39, 0.29) is 5.97 Å². The van der Waals surface area contributed by atoms with Gasteiger partial charge in [0.05, 0.1) is 7.11 Å². The predicted octanol–water partition coefficient (Wildman–Crippen LogP) is 0.876. The van der Waals surface area contributed by atoms with Gasteiger partial charge in [-0.3, -0.25) is 9.89 Å². The first-order valence-corrected chi connectivity index (χ1v) is 6.33. The first-order chi connectivity index (χ1) is 7.95. The van der Waals surface area contributed by atoms with E-state index in [4.69, 9.17) is 5.73 Å². The molecule has 0 bridgehead atoms. The van der Waals surface area contributed by atoms with Crippen molar-refractivity contribution in [2.45, 2.75) is 37.4 Å². The Hall–Kier alpha value is -1.08. The minimum Gasteiger partial charge on any atom is -0.468 e. The molecule has 1 aromatic heterocycles. The molecule has 3 N–H and O–H groups in total. The second-order valence-electron chi connectivity index (χ2n) is 4.06. The van der Waals surface area contributed by atoms with Gasteiger partial charge in [-0.2, -0.15) is 0 Å². The number of ether oxygens (including phenoxy) is 1. The Morgan fingerprint density at radius 1 is 1.65 bits per heavy atom. The van der Waals surface area contributed by atoms with Crippen molar-refractivity contribution in [1.29, 1.82) is 0 Å². The van der Waals surface area contributed by atoms with Crippen molar-refractivity contribution in [3.05, 3.63) is 5.82 Å². The highest BCUT2D eigenvalue weighted by molar-refractivity contribution is 7.99. The molecule has 0 aliphatic carbocycles. The number of hydrogen-bond donors (Lipinski definition) is 2. The summed E-state index contributed by atoms with van der Waals surface area (Å²) in [6, 6.07) is 0. The first kappa shape index (κ1) is 14.0. The van der Waals surface area contributed by atoms with Crippen LogP contribution in [0.1, 0.15) is 25.6 Å². The fourth-order valence-electron chi connectivity index (χ4n) is 1.32. The molecule has 1 heterocycles. The molecule has 1 aromatic rings. The zero-order chi connectivity index (χ0) is 12.9. The number of nitrogens with zero attached hydrogens (tertiary/aromatic N) is 2. The largest absolute Gasteiger partial charge is 0.468 e. The smallest absolute Gasteiger partial charge is 0.325 e. The SMILES string of the molecule is COC(=O)C(C)(N)CCCSc1n[nH]c(C)n1. The lowest BCUT2D eigenvalue weighted by Gasteiger charge is -2.20. The van der Waals surface area contributed by atoms with Crippen LogP contribution in [0.15, 0.2) is 5.16 Å². The number of aromatic amines is 1. The Balaban J connectivity index is 2.26. The maximum absolute atomic E-state index is 11.3. The average Bonchev–Trinajstić information content (AvgIpc) is 2.69. The molecule has 0 aliphatic heterocycles. The zero-order valence-corrected chi connectivity index (χ0v) is 11.1. The van der Waals surface area contributed by atoms with Gasteiger partial charge in [0, 0.05) is 5.75 Å². The zero-order valence-electron chi connectivity index (χ0n) is 10.3. The average molecular weight is 258 g/mol. The molecule has 0 radical (unpaired) electrons. The Morgan fingerprint density at radius 2 is 2.35 bits per heavy atom. The fourth-order valence-corrected chi connectivity index (χ4v) is 2.11. The number of hydrogen-bond acceptors (Lipinski definition) is 6. The molecule has 0 fully saturated rings. The number of H-pyrrole nitrogens is 1. The van der Waals surface area contributed by atoms with Gasteiger partial charge in [-0.15, -0.1) is 5.10 Å². The number of nitrogens with one attached hydrogen (secondary N) is 1. The van der Waals surface area contributed by atoms with Gasteiger partial charge in [-0.1, -0.05) is 11.8 Å². The molecule has 17 heavy (non-hydrogen) atoms. The van der Waals surface area contributed by atoms with Crippen molar-refractivity contribution in [1.82, 2.24) is 15.2 Å². The first-order valence-electron chi connectivity index (χ1n) is 5.35. The van der Waals surface area contributed by atoms with E-state index in [1.807, 2.05) is 6.92 Å². The molecule has 0 aliphatic rings. The third-order valence-electron chi connectivity index (χ3n) is 2.30. The van der Waals surface area contributed by atoms with Crippen molar-refractivity contribution < 1.29 is 9.53 Å². The topological polar surface area (TPSA) is 93.9 Å². The van der Waals surface area contributed by atoms with Crippen molar-refractivity contribution >= 4 is 17.7 Å². The lowest BCUT2D eigenvalue weighted by atomic mass is 9.98. The van der Waals surface area contributed by atoms with E-state index in [1.165, 1.54) is 7.11 Å². The summed E-state index contributed by atoms with van der Waals surface area (Å²) >= 11 is 1.54. The number of thioether (sulfide) groups is 1. The lowest BCUT2D eigenvalue weighted by molar-refractivity contribution is -0.146. The van der Waals surface area contributed by atoms with E-state index in [0.29, 0.717) is 6.42 Å². The van der Waals surface area contributed by atoms with Crippen LogP contribution >= 0.6 is 11.8 Å². The van der Waals surface area contributed by atoms with Crippen molar-refractivity contribution in [2.75, 3.05) is 12.9 Å². The Kier molecular flexibility index (Phi) is 4.95. The number of nitrogens with two attached hydrogens (primary N) is 1. The van der Waals surface area contributed by atoms with Gasteiger partial charge in [0.1, 0.15) is 11.4 Å². The van der Waals surface area contributed by atoms with Gasteiger partial charge in [-0.25, -0.2) is 4.98 Å². The van der Waals surface area contributed by atoms with E-state index >= 15 is 0 Å². The molecule has 7 heteroatoms. The number of carbonyl (C=O) groups excluding carboxylic acids is 1. The summed E-state index contributed by atoms with van der Waals surface area (Å²) in [5.74, 6) is 1.24. The molecular formula is C10H18N4O2S. The van der Waals surface area contributed by atoms with Crippen LogP contribution in [0.3, 0.4) is 0 Å². The highest BCUT2D eigenvalue weighted by Crippen LogP contribution is 2.17. The quantitative estimate of drug-likeness (QED) is 0.447. The third-order valence-corrected chi connectivity index (χ3v) is 3.23. The maximum atomic E-state index is 11.3. The number of rotatable bonds is 6. The standard InChI is InChI=1S/C10H18N4O2S/c1-7-12-9(14-13-7)17-6-4-5-10(2,11)8(15)16-3/h4-6,11H2,1-3H3,(H,12,13,14). The number of methoxy groups -OCH3 is 1. The van der Waals surface area contributed by atoms with Gasteiger partial charge < -0.3 is 10.5 Å². The normalized spacial score (nSPS) is 14.4. The molecule has 0 aromatic carbocycles. The summed E-state index contributed by atoms with van der Waals surface area (Å²) in [4.78, 5) is 15.5. The van der Waals surface area contributed by atoms with Gasteiger partial charge in [-0.05, 0) is 26.7 Å². The molecule has 1 atom stereocenters. The highest BCUT2D eigenvalue weighted by Gasteiger charge is 2.28. The van der Waals surface area contributed by atoms with Gasteiger partial charge in [0.25, 0.3) is 0 Å². The Labute approximate surface area is 105 Å². The number of aryl methyl sites for hydroxylation is 1. The molecule has 0 amide bonds. The second-order valence-corrected chi connectivity index (χ2v) is 5.13. The van der Waals surface area contributed by atoms with E-state index < -0.39 is 5.54 Å². The molecule has 0 spiro atoms. The minimum absolute atomic E-state index is 0.378. The molecule has 0 saturated carbocycles. The lowest BCUT2D eigenvalue weighted by Crippen LogP contribution is -2.45. The van der Waals surface area contributed by atoms with Crippen LogP contribution in [0.5, 0.6) is 0 Å². The monoisotopic (exact) mass is 258 g/mol. The summed E-state index contributed by atoms with van der Waals surface area (Å²) in [5.41, 5.74) is 4.92. The number of aromatic nitrogens is 3. The van der Waals surface area contributed by atoms with Crippen LogP contribution in [-0.4, -0.2) is 39.6 Å². The van der Waals surface area contributed by atoms with E-state index in [0.717, 1.165) is 23.2 Å². The number of carbonyl (C=O) groups is 1. The van der Waals surface area contributed by atoms with E-state index in [9.17, 15) is 4.79 Å². The molecule has 1 rings (SSSR count). The highest BCUT2D eigenvalue weighted by atomic mass is 32.2. The summed E-state index contributed by atoms with van der Waals surface area (Å²) in [5, 5.41) is 7.50. The minimum atomic E-state index is -0.912. The van der Waals surface area contributed by atoms with E-state index in [1.54, 1.807) is 18.7 Å². The second kappa shape index (κ2) is 6.02. The third kappa shape index (κ3) is 4.35. The van der Waals surface area contributed by atoms with Crippen LogP contribution in [-0.2, 0) is 9.53 Å².